The number of amides is 4. The number of benzene rings is 3. The summed E-state index contributed by atoms with van der Waals surface area (Å²) in [6.07, 6.45) is 1.49. The van der Waals surface area contributed by atoms with E-state index in [1.165, 1.54) is 18.2 Å². The molecular weight excluding hydrogens is 477 g/mol. The number of rotatable bonds is 4. The number of hydrogen-bond acceptors (Lipinski definition) is 5. The summed E-state index contributed by atoms with van der Waals surface area (Å²) in [6, 6.07) is 17.8. The van der Waals surface area contributed by atoms with Crippen LogP contribution in [0, 0.1) is 12.7 Å². The standard InChI is InChI=1S/C28H20FN3O5/c1-16-20(19-7-3-5-9-23(19)31(16)14-17-6-2-4-8-22(17)29)13-21-26(33)30-28(35)32(27(21)34)18-10-11-24-25(12-18)37-15-36-24/h2-13H,14-15H2,1H3,(H,30,33,35)/b21-13+. The summed E-state index contributed by atoms with van der Waals surface area (Å²) < 4.78 is 27.0. The number of para-hydroxylation sites is 1. The second-order valence-corrected chi connectivity index (χ2v) is 8.69. The first-order valence-corrected chi connectivity index (χ1v) is 11.5. The van der Waals surface area contributed by atoms with Crippen LogP contribution in [0.4, 0.5) is 14.9 Å². The van der Waals surface area contributed by atoms with Gasteiger partial charge in [-0.15, -0.1) is 0 Å². The van der Waals surface area contributed by atoms with Crippen molar-refractivity contribution in [3.05, 3.63) is 94.9 Å². The van der Waals surface area contributed by atoms with Crippen LogP contribution in [0.3, 0.4) is 0 Å². The third-order valence-corrected chi connectivity index (χ3v) is 6.57. The number of hydrogen-bond donors (Lipinski definition) is 1. The van der Waals surface area contributed by atoms with E-state index in [1.54, 1.807) is 30.3 Å². The molecule has 1 aromatic heterocycles. The third-order valence-electron chi connectivity index (χ3n) is 6.57. The van der Waals surface area contributed by atoms with Crippen molar-refractivity contribution in [1.82, 2.24) is 9.88 Å². The molecule has 0 bridgehead atoms. The summed E-state index contributed by atoms with van der Waals surface area (Å²) in [5.41, 5.74) is 2.74. The zero-order valence-corrected chi connectivity index (χ0v) is 19.7. The Morgan fingerprint density at radius 2 is 1.73 bits per heavy atom. The summed E-state index contributed by atoms with van der Waals surface area (Å²) in [5, 5.41) is 3.04. The van der Waals surface area contributed by atoms with Crippen molar-refractivity contribution in [2.45, 2.75) is 13.5 Å². The minimum atomic E-state index is -0.857. The van der Waals surface area contributed by atoms with Gasteiger partial charge in [0.25, 0.3) is 11.8 Å². The Labute approximate surface area is 210 Å². The molecule has 9 heteroatoms. The molecule has 4 aromatic rings. The number of anilines is 1. The van der Waals surface area contributed by atoms with Crippen LogP contribution in [0.5, 0.6) is 11.5 Å². The zero-order valence-electron chi connectivity index (χ0n) is 19.7. The number of halogens is 1. The number of nitrogens with zero attached hydrogens (tertiary/aromatic N) is 2. The average Bonchev–Trinajstić information content (AvgIpc) is 3.45. The van der Waals surface area contributed by atoms with E-state index in [0.29, 0.717) is 22.6 Å². The Hall–Kier alpha value is -4.92. The average molecular weight is 497 g/mol. The van der Waals surface area contributed by atoms with Crippen LogP contribution < -0.4 is 19.7 Å². The molecule has 0 saturated carbocycles. The van der Waals surface area contributed by atoms with E-state index in [1.807, 2.05) is 35.8 Å². The summed E-state index contributed by atoms with van der Waals surface area (Å²) in [4.78, 5) is 39.9. The molecule has 0 aliphatic carbocycles. The van der Waals surface area contributed by atoms with Gasteiger partial charge >= 0.3 is 6.03 Å². The van der Waals surface area contributed by atoms with Gasteiger partial charge in [-0.25, -0.2) is 14.1 Å². The smallest absolute Gasteiger partial charge is 0.335 e. The van der Waals surface area contributed by atoms with Crippen LogP contribution in [0.15, 0.2) is 72.3 Å². The second-order valence-electron chi connectivity index (χ2n) is 8.69. The van der Waals surface area contributed by atoms with Gasteiger partial charge in [0.2, 0.25) is 6.79 Å². The highest BCUT2D eigenvalue weighted by atomic mass is 19.1. The van der Waals surface area contributed by atoms with Gasteiger partial charge in [-0.05, 0) is 37.3 Å². The molecule has 1 fully saturated rings. The van der Waals surface area contributed by atoms with E-state index < -0.39 is 17.8 Å². The van der Waals surface area contributed by atoms with Gasteiger partial charge in [0, 0.05) is 33.8 Å². The normalized spacial score (nSPS) is 16.1. The Morgan fingerprint density at radius 1 is 0.973 bits per heavy atom. The fourth-order valence-corrected chi connectivity index (χ4v) is 4.70. The molecule has 0 atom stereocenters. The fraction of sp³-hybridized carbons (Fsp3) is 0.107. The topological polar surface area (TPSA) is 89.9 Å². The summed E-state index contributed by atoms with van der Waals surface area (Å²) in [5.74, 6) is -0.985. The van der Waals surface area contributed by atoms with Crippen LogP contribution in [0.25, 0.3) is 17.0 Å². The van der Waals surface area contributed by atoms with Gasteiger partial charge in [0.05, 0.1) is 12.2 Å². The Morgan fingerprint density at radius 3 is 2.57 bits per heavy atom. The quantitative estimate of drug-likeness (QED) is 0.331. The molecule has 3 heterocycles. The first-order chi connectivity index (χ1) is 17.9. The summed E-state index contributed by atoms with van der Waals surface area (Å²) in [7, 11) is 0. The molecular formula is C28H20FN3O5. The van der Waals surface area contributed by atoms with Gasteiger partial charge in [-0.2, -0.15) is 0 Å². The number of ether oxygens (including phenoxy) is 2. The lowest BCUT2D eigenvalue weighted by Crippen LogP contribution is -2.54. The number of fused-ring (bicyclic) bond motifs is 2. The van der Waals surface area contributed by atoms with E-state index in [2.05, 4.69) is 5.32 Å². The molecule has 2 aliphatic heterocycles. The second kappa shape index (κ2) is 8.63. The maximum atomic E-state index is 14.4. The van der Waals surface area contributed by atoms with Crippen molar-refractivity contribution in [3.8, 4) is 11.5 Å². The monoisotopic (exact) mass is 497 g/mol. The van der Waals surface area contributed by atoms with Crippen LogP contribution in [0.2, 0.25) is 0 Å². The van der Waals surface area contributed by atoms with E-state index in [-0.39, 0.29) is 30.4 Å². The molecule has 184 valence electrons. The number of carbonyl (C=O) groups is 3. The SMILES string of the molecule is Cc1c(/C=C2\C(=O)NC(=O)N(c3ccc4c(c3)OCO4)C2=O)c2ccccc2n1Cc1ccccc1F. The zero-order chi connectivity index (χ0) is 25.7. The van der Waals surface area contributed by atoms with Gasteiger partial charge in [0.15, 0.2) is 11.5 Å². The fourth-order valence-electron chi connectivity index (χ4n) is 4.70. The number of carbonyl (C=O) groups excluding carboxylic acids is 3. The third kappa shape index (κ3) is 3.72. The van der Waals surface area contributed by atoms with Crippen molar-refractivity contribution in [3.63, 3.8) is 0 Å². The van der Waals surface area contributed by atoms with Crippen LogP contribution >= 0.6 is 0 Å². The molecule has 37 heavy (non-hydrogen) atoms. The predicted octanol–water partition coefficient (Wildman–Crippen LogP) is 4.53. The molecule has 0 spiro atoms. The van der Waals surface area contributed by atoms with Gasteiger partial charge in [-0.1, -0.05) is 36.4 Å². The van der Waals surface area contributed by atoms with Gasteiger partial charge in [-0.3, -0.25) is 14.9 Å². The maximum Gasteiger partial charge on any atom is 0.335 e. The van der Waals surface area contributed by atoms with E-state index in [9.17, 15) is 18.8 Å². The molecule has 3 aromatic carbocycles. The highest BCUT2D eigenvalue weighted by Gasteiger charge is 2.37. The number of aromatic nitrogens is 1. The predicted molar refractivity (Wildman–Crippen MR) is 134 cm³/mol. The molecule has 8 nitrogen and oxygen atoms in total. The molecule has 0 radical (unpaired) electrons. The van der Waals surface area contributed by atoms with E-state index in [0.717, 1.165) is 21.5 Å². The lowest BCUT2D eigenvalue weighted by molar-refractivity contribution is -0.122. The molecule has 2 aliphatic rings. The minimum Gasteiger partial charge on any atom is -0.454 e. The molecule has 1 saturated heterocycles. The largest absolute Gasteiger partial charge is 0.454 e. The van der Waals surface area contributed by atoms with Crippen molar-refractivity contribution < 1.29 is 28.2 Å². The first-order valence-electron chi connectivity index (χ1n) is 11.5. The molecule has 6 rings (SSSR count). The van der Waals surface area contributed by atoms with Crippen molar-refractivity contribution in [1.29, 1.82) is 0 Å². The number of urea groups is 1. The highest BCUT2D eigenvalue weighted by molar-refractivity contribution is 6.39. The van der Waals surface area contributed by atoms with E-state index >= 15 is 0 Å². The van der Waals surface area contributed by atoms with Gasteiger partial charge < -0.3 is 14.0 Å². The van der Waals surface area contributed by atoms with E-state index in [4.69, 9.17) is 9.47 Å². The minimum absolute atomic E-state index is 0.0405. The highest BCUT2D eigenvalue weighted by Crippen LogP contribution is 2.37. The Kier molecular flexibility index (Phi) is 5.26. The van der Waals surface area contributed by atoms with Crippen LogP contribution in [-0.4, -0.2) is 29.2 Å². The summed E-state index contributed by atoms with van der Waals surface area (Å²) >= 11 is 0. The first kappa shape index (κ1) is 22.5. The number of imide groups is 2. The lowest BCUT2D eigenvalue weighted by Gasteiger charge is -2.26. The summed E-state index contributed by atoms with van der Waals surface area (Å²) in [6.45, 7) is 2.15. The molecule has 1 N–H and O–H groups in total. The number of nitrogens with one attached hydrogen (secondary N) is 1. The van der Waals surface area contributed by atoms with Crippen LogP contribution in [-0.2, 0) is 16.1 Å². The van der Waals surface area contributed by atoms with Crippen molar-refractivity contribution in [2.75, 3.05) is 11.7 Å². The van der Waals surface area contributed by atoms with Gasteiger partial charge in [0.1, 0.15) is 11.4 Å². The Bertz CT molecular complexity index is 1660. The van der Waals surface area contributed by atoms with Crippen molar-refractivity contribution in [2.24, 2.45) is 0 Å². The Balaban J connectivity index is 1.44. The molecule has 0 unspecified atom stereocenters. The van der Waals surface area contributed by atoms with Crippen LogP contribution in [0.1, 0.15) is 16.8 Å². The lowest BCUT2D eigenvalue weighted by atomic mass is 10.0. The maximum absolute atomic E-state index is 14.4. The molecule has 4 amide bonds. The number of barbiturate groups is 1. The van der Waals surface area contributed by atoms with Crippen molar-refractivity contribution >= 4 is 40.5 Å².